The van der Waals surface area contributed by atoms with Gasteiger partial charge in [-0.1, -0.05) is 10.4 Å². The van der Waals surface area contributed by atoms with E-state index in [2.05, 4.69) is 20.7 Å². The lowest BCUT2D eigenvalue weighted by molar-refractivity contribution is 0.0516. The fourth-order valence-electron chi connectivity index (χ4n) is 3.12. The second-order valence-corrected chi connectivity index (χ2v) is 7.34. The number of piperazine rings is 1. The molecule has 0 N–H and O–H groups in total. The Bertz CT molecular complexity index is 991. The van der Waals surface area contributed by atoms with Crippen LogP contribution in [0, 0.1) is 0 Å². The summed E-state index contributed by atoms with van der Waals surface area (Å²) in [7, 11) is 0. The predicted octanol–water partition coefficient (Wildman–Crippen LogP) is 4.74. The maximum Gasteiger partial charge on any atom is 0.338 e. The Morgan fingerprint density at radius 3 is 1.76 bits per heavy atom. The van der Waals surface area contributed by atoms with Crippen LogP contribution in [0.5, 0.6) is 0 Å². The Hall–Kier alpha value is -3.82. The molecule has 2 aromatic rings. The van der Waals surface area contributed by atoms with Crippen molar-refractivity contribution in [2.45, 2.75) is 26.8 Å². The van der Waals surface area contributed by atoms with Gasteiger partial charge in [0.2, 0.25) is 0 Å². The van der Waals surface area contributed by atoms with Gasteiger partial charge in [-0.2, -0.15) is 0 Å². The van der Waals surface area contributed by atoms with Crippen molar-refractivity contribution in [3.63, 3.8) is 0 Å². The molecule has 1 heterocycles. The molecule has 0 aromatic heterocycles. The lowest BCUT2D eigenvalue weighted by Crippen LogP contribution is -2.47. The van der Waals surface area contributed by atoms with E-state index in [1.165, 1.54) is 0 Å². The van der Waals surface area contributed by atoms with Gasteiger partial charge in [0.05, 0.1) is 61.4 Å². The van der Waals surface area contributed by atoms with Gasteiger partial charge in [0.25, 0.3) is 0 Å². The summed E-state index contributed by atoms with van der Waals surface area (Å²) in [5.41, 5.74) is 2.28. The van der Waals surface area contributed by atoms with Gasteiger partial charge in [-0.3, -0.25) is 10.0 Å². The first kappa shape index (κ1) is 23.8. The van der Waals surface area contributed by atoms with Gasteiger partial charge in [0.15, 0.2) is 0 Å². The molecule has 1 atom stereocenters. The van der Waals surface area contributed by atoms with Crippen molar-refractivity contribution in [3.8, 4) is 0 Å². The molecule has 1 saturated heterocycles. The van der Waals surface area contributed by atoms with Crippen molar-refractivity contribution in [2.75, 3.05) is 32.8 Å². The summed E-state index contributed by atoms with van der Waals surface area (Å²) in [4.78, 5) is 23.4. The van der Waals surface area contributed by atoms with Crippen molar-refractivity contribution in [3.05, 3.63) is 59.7 Å². The van der Waals surface area contributed by atoms with Gasteiger partial charge in [-0.15, -0.1) is 10.2 Å². The standard InChI is InChI=1S/C23H28N6O4/c1-4-32-22(30)18-6-10-20(11-7-18)24-26-28-14-15-29(17(3)16-28)27-25-21-12-8-19(9-13-21)23(31)33-5-2/h6-13,17H,4-5,14-16H2,1-3H3. The van der Waals surface area contributed by atoms with E-state index < -0.39 is 0 Å². The van der Waals surface area contributed by atoms with Crippen LogP contribution in [0.4, 0.5) is 11.4 Å². The van der Waals surface area contributed by atoms with E-state index in [1.54, 1.807) is 62.4 Å². The molecule has 0 spiro atoms. The van der Waals surface area contributed by atoms with Crippen molar-refractivity contribution in [1.29, 1.82) is 0 Å². The van der Waals surface area contributed by atoms with Crippen LogP contribution in [0.25, 0.3) is 0 Å². The van der Waals surface area contributed by atoms with E-state index in [0.717, 1.165) is 0 Å². The van der Waals surface area contributed by atoms with Crippen molar-refractivity contribution >= 4 is 23.3 Å². The largest absolute Gasteiger partial charge is 0.462 e. The quantitative estimate of drug-likeness (QED) is 0.423. The maximum atomic E-state index is 11.7. The third-order valence-electron chi connectivity index (χ3n) is 4.89. The smallest absolute Gasteiger partial charge is 0.338 e. The Morgan fingerprint density at radius 2 is 1.30 bits per heavy atom. The van der Waals surface area contributed by atoms with Crippen LogP contribution in [-0.2, 0) is 9.47 Å². The third kappa shape index (κ3) is 6.83. The number of rotatable bonds is 8. The van der Waals surface area contributed by atoms with Crippen LogP contribution in [0.15, 0.2) is 69.2 Å². The molecule has 0 radical (unpaired) electrons. The first-order valence-electron chi connectivity index (χ1n) is 10.9. The Balaban J connectivity index is 1.51. The van der Waals surface area contributed by atoms with Crippen LogP contribution < -0.4 is 0 Å². The molecule has 0 saturated carbocycles. The van der Waals surface area contributed by atoms with E-state index in [0.29, 0.717) is 55.3 Å². The summed E-state index contributed by atoms with van der Waals surface area (Å²) in [6.45, 7) is 8.20. The van der Waals surface area contributed by atoms with Crippen molar-refractivity contribution < 1.29 is 19.1 Å². The summed E-state index contributed by atoms with van der Waals surface area (Å²) in [5, 5.41) is 21.0. The minimum absolute atomic E-state index is 0.0893. The summed E-state index contributed by atoms with van der Waals surface area (Å²) >= 11 is 0. The molecule has 1 unspecified atom stereocenters. The molecule has 1 fully saturated rings. The van der Waals surface area contributed by atoms with Crippen LogP contribution >= 0.6 is 0 Å². The molecular weight excluding hydrogens is 424 g/mol. The number of carbonyl (C=O) groups is 2. The normalized spacial score (nSPS) is 16.4. The third-order valence-corrected chi connectivity index (χ3v) is 4.89. The molecule has 0 bridgehead atoms. The molecule has 0 amide bonds. The average molecular weight is 453 g/mol. The summed E-state index contributed by atoms with van der Waals surface area (Å²) < 4.78 is 9.95. The zero-order valence-electron chi connectivity index (χ0n) is 19.0. The van der Waals surface area contributed by atoms with E-state index in [1.807, 2.05) is 16.9 Å². The molecule has 1 aliphatic heterocycles. The number of carbonyl (C=O) groups excluding carboxylic acids is 2. The van der Waals surface area contributed by atoms with Gasteiger partial charge in [-0.25, -0.2) is 9.59 Å². The minimum atomic E-state index is -0.352. The van der Waals surface area contributed by atoms with Crippen molar-refractivity contribution in [2.24, 2.45) is 20.7 Å². The highest BCUT2D eigenvalue weighted by atomic mass is 16.5. The fraction of sp³-hybridized carbons (Fsp3) is 0.391. The molecule has 10 heteroatoms. The highest BCUT2D eigenvalue weighted by Gasteiger charge is 2.22. The summed E-state index contributed by atoms with van der Waals surface area (Å²) in [6.07, 6.45) is 0. The van der Waals surface area contributed by atoms with Gasteiger partial charge >= 0.3 is 11.9 Å². The second kappa shape index (κ2) is 11.7. The highest BCUT2D eigenvalue weighted by molar-refractivity contribution is 5.90. The van der Waals surface area contributed by atoms with E-state index in [9.17, 15) is 9.59 Å². The van der Waals surface area contributed by atoms with Gasteiger partial charge in [-0.05, 0) is 69.3 Å². The van der Waals surface area contributed by atoms with Crippen LogP contribution in [0.2, 0.25) is 0 Å². The molecular formula is C23H28N6O4. The van der Waals surface area contributed by atoms with Gasteiger partial charge < -0.3 is 9.47 Å². The highest BCUT2D eigenvalue weighted by Crippen LogP contribution is 2.19. The Labute approximate surface area is 192 Å². The SMILES string of the molecule is CCOC(=O)c1ccc(N=NN2CCN(N=Nc3ccc(C(=O)OCC)cc3)C(C)C2)cc1. The Kier molecular flexibility index (Phi) is 8.45. The number of hydrogen-bond acceptors (Lipinski definition) is 8. The lowest BCUT2D eigenvalue weighted by atomic mass is 10.2. The molecule has 1 aliphatic rings. The second-order valence-electron chi connectivity index (χ2n) is 7.34. The zero-order chi connectivity index (χ0) is 23.6. The average Bonchev–Trinajstić information content (AvgIpc) is 2.83. The molecule has 0 aliphatic carbocycles. The molecule has 10 nitrogen and oxygen atoms in total. The van der Waals surface area contributed by atoms with Crippen LogP contribution in [0.3, 0.4) is 0 Å². The predicted molar refractivity (Wildman–Crippen MR) is 122 cm³/mol. The molecule has 33 heavy (non-hydrogen) atoms. The van der Waals surface area contributed by atoms with Crippen LogP contribution in [0.1, 0.15) is 41.5 Å². The maximum absolute atomic E-state index is 11.7. The van der Waals surface area contributed by atoms with E-state index in [-0.39, 0.29) is 18.0 Å². The number of hydrogen-bond donors (Lipinski definition) is 0. The van der Waals surface area contributed by atoms with Crippen molar-refractivity contribution in [1.82, 2.24) is 10.0 Å². The number of esters is 2. The van der Waals surface area contributed by atoms with E-state index >= 15 is 0 Å². The monoisotopic (exact) mass is 452 g/mol. The molecule has 174 valence electrons. The molecule has 3 rings (SSSR count). The fourth-order valence-corrected chi connectivity index (χ4v) is 3.12. The zero-order valence-corrected chi connectivity index (χ0v) is 19.0. The van der Waals surface area contributed by atoms with E-state index in [4.69, 9.17) is 9.47 Å². The number of benzene rings is 2. The lowest BCUT2D eigenvalue weighted by Gasteiger charge is -2.34. The Morgan fingerprint density at radius 1 is 0.818 bits per heavy atom. The number of nitrogens with zero attached hydrogens (tertiary/aromatic N) is 6. The van der Waals surface area contributed by atoms with Gasteiger partial charge in [0, 0.05) is 0 Å². The van der Waals surface area contributed by atoms with Gasteiger partial charge in [0.1, 0.15) is 0 Å². The topological polar surface area (TPSA) is 109 Å². The minimum Gasteiger partial charge on any atom is -0.462 e. The molecule has 2 aromatic carbocycles. The summed E-state index contributed by atoms with van der Waals surface area (Å²) in [5.74, 6) is -0.704. The first-order valence-corrected chi connectivity index (χ1v) is 10.9. The number of ether oxygens (including phenoxy) is 2. The summed E-state index contributed by atoms with van der Waals surface area (Å²) in [6, 6.07) is 13.7. The first-order chi connectivity index (χ1) is 16.0. The van der Waals surface area contributed by atoms with Crippen LogP contribution in [-0.4, -0.2) is 60.8 Å².